The van der Waals surface area contributed by atoms with E-state index in [4.69, 9.17) is 0 Å². The van der Waals surface area contributed by atoms with Gasteiger partial charge >= 0.3 is 0 Å². The second-order valence-electron chi connectivity index (χ2n) is 4.24. The van der Waals surface area contributed by atoms with Crippen molar-refractivity contribution in [1.82, 2.24) is 0 Å². The summed E-state index contributed by atoms with van der Waals surface area (Å²) in [6.07, 6.45) is 11.0. The molecule has 0 aromatic rings. The first kappa shape index (κ1) is 5.40. The Balaban J connectivity index is 1.97. The van der Waals surface area contributed by atoms with Gasteiger partial charge in [0.1, 0.15) is 0 Å². The fraction of sp³-hybridized carbons (Fsp3) is 0.800. The largest absolute Gasteiger partial charge is 0.0879 e. The van der Waals surface area contributed by atoms with Crippen molar-refractivity contribution < 1.29 is 0 Å². The summed E-state index contributed by atoms with van der Waals surface area (Å²) in [5.41, 5.74) is 0. The van der Waals surface area contributed by atoms with Crippen LogP contribution < -0.4 is 0 Å². The lowest BCUT2D eigenvalue weighted by atomic mass is 9.82. The van der Waals surface area contributed by atoms with Crippen LogP contribution in [0.5, 0.6) is 0 Å². The third kappa shape index (κ3) is 0.492. The minimum atomic E-state index is 1.03. The van der Waals surface area contributed by atoms with Gasteiger partial charge in [-0.2, -0.15) is 0 Å². The first-order valence-electron chi connectivity index (χ1n) is 4.62. The van der Waals surface area contributed by atoms with Gasteiger partial charge in [-0.3, -0.25) is 0 Å². The molecule has 2 bridgehead atoms. The maximum absolute atomic E-state index is 2.49. The Kier molecular flexibility index (Phi) is 0.898. The molecule has 4 atom stereocenters. The molecule has 2 saturated carbocycles. The molecule has 0 spiro atoms. The summed E-state index contributed by atoms with van der Waals surface area (Å²) in [5, 5.41) is 0. The third-order valence-corrected chi connectivity index (χ3v) is 3.92. The first-order chi connectivity index (χ1) is 4.95. The van der Waals surface area contributed by atoms with E-state index in [-0.39, 0.29) is 0 Å². The molecule has 0 heterocycles. The van der Waals surface area contributed by atoms with Gasteiger partial charge in [-0.15, -0.1) is 0 Å². The molecular weight excluding hydrogens is 120 g/mol. The van der Waals surface area contributed by atoms with Gasteiger partial charge in [-0.05, 0) is 49.4 Å². The summed E-state index contributed by atoms with van der Waals surface area (Å²) < 4.78 is 0. The first-order valence-corrected chi connectivity index (χ1v) is 4.62. The summed E-state index contributed by atoms with van der Waals surface area (Å²) in [7, 11) is 0. The number of hydrogen-bond donors (Lipinski definition) is 0. The highest BCUT2D eigenvalue weighted by molar-refractivity contribution is 5.11. The molecule has 0 unspecified atom stereocenters. The van der Waals surface area contributed by atoms with Gasteiger partial charge in [0.15, 0.2) is 0 Å². The Morgan fingerprint density at radius 3 is 2.90 bits per heavy atom. The average Bonchev–Trinajstić information content (AvgIpc) is 2.60. The molecule has 0 amide bonds. The Hall–Kier alpha value is -0.260. The molecule has 3 aliphatic rings. The molecule has 0 nitrogen and oxygen atoms in total. The van der Waals surface area contributed by atoms with E-state index >= 15 is 0 Å². The summed E-state index contributed by atoms with van der Waals surface area (Å²) in [6, 6.07) is 0. The van der Waals surface area contributed by atoms with Crippen LogP contribution in [0.3, 0.4) is 0 Å². The van der Waals surface area contributed by atoms with Crippen LogP contribution in [0, 0.1) is 23.7 Å². The SMILES string of the molecule is C1=C[C@@H]2[C@H]3CC[C@@H](C3)[C@@H]2C1. The van der Waals surface area contributed by atoms with E-state index in [1.807, 2.05) is 0 Å². The number of rotatable bonds is 0. The van der Waals surface area contributed by atoms with Crippen LogP contribution >= 0.6 is 0 Å². The Bertz CT molecular complexity index is 180. The highest BCUT2D eigenvalue weighted by atomic mass is 14.5. The molecule has 54 valence electrons. The van der Waals surface area contributed by atoms with E-state index in [1.54, 1.807) is 12.8 Å². The molecule has 0 aromatic carbocycles. The van der Waals surface area contributed by atoms with Gasteiger partial charge in [0.25, 0.3) is 0 Å². The summed E-state index contributed by atoms with van der Waals surface area (Å²) in [6.45, 7) is 0. The summed E-state index contributed by atoms with van der Waals surface area (Å²) in [4.78, 5) is 0. The van der Waals surface area contributed by atoms with Crippen LogP contribution in [-0.2, 0) is 0 Å². The predicted octanol–water partition coefficient (Wildman–Crippen LogP) is 2.61. The normalized spacial score (nSPS) is 56.0. The molecule has 3 rings (SSSR count). The topological polar surface area (TPSA) is 0 Å². The maximum atomic E-state index is 2.49. The monoisotopic (exact) mass is 134 g/mol. The summed E-state index contributed by atoms with van der Waals surface area (Å²) >= 11 is 0. The van der Waals surface area contributed by atoms with Crippen molar-refractivity contribution >= 4 is 0 Å². The van der Waals surface area contributed by atoms with Crippen LogP contribution in [0.4, 0.5) is 0 Å². The van der Waals surface area contributed by atoms with Gasteiger partial charge in [0, 0.05) is 0 Å². The molecule has 2 fully saturated rings. The molecule has 0 N–H and O–H groups in total. The van der Waals surface area contributed by atoms with Crippen molar-refractivity contribution in [2.75, 3.05) is 0 Å². The van der Waals surface area contributed by atoms with Crippen LogP contribution in [-0.4, -0.2) is 0 Å². The van der Waals surface area contributed by atoms with Gasteiger partial charge in [-0.25, -0.2) is 0 Å². The fourth-order valence-electron chi connectivity index (χ4n) is 3.50. The van der Waals surface area contributed by atoms with E-state index in [0.717, 1.165) is 23.7 Å². The van der Waals surface area contributed by atoms with Gasteiger partial charge < -0.3 is 0 Å². The average molecular weight is 134 g/mol. The molecule has 0 radical (unpaired) electrons. The third-order valence-electron chi connectivity index (χ3n) is 3.92. The van der Waals surface area contributed by atoms with E-state index in [0.29, 0.717) is 0 Å². The van der Waals surface area contributed by atoms with Crippen LogP contribution in [0.25, 0.3) is 0 Å². The Morgan fingerprint density at radius 1 is 1.10 bits per heavy atom. The standard InChI is InChI=1S/C10H14/c1-2-9-7-4-5-8(6-7)10(9)3-1/h1-2,7-10H,3-6H2/t7-,8-,9+,10-/m0/s1. The molecule has 0 aliphatic heterocycles. The molecule has 0 heteroatoms. The summed E-state index contributed by atoms with van der Waals surface area (Å²) in [5.74, 6) is 4.36. The predicted molar refractivity (Wildman–Crippen MR) is 41.6 cm³/mol. The zero-order valence-electron chi connectivity index (χ0n) is 6.29. The highest BCUT2D eigenvalue weighted by Gasteiger charge is 2.47. The Morgan fingerprint density at radius 2 is 2.00 bits per heavy atom. The molecule has 0 saturated heterocycles. The lowest BCUT2D eigenvalue weighted by Crippen LogP contribution is -2.16. The second kappa shape index (κ2) is 1.66. The number of fused-ring (bicyclic) bond motifs is 5. The molecule has 3 aliphatic carbocycles. The van der Waals surface area contributed by atoms with Crippen LogP contribution in [0.15, 0.2) is 12.2 Å². The van der Waals surface area contributed by atoms with Gasteiger partial charge in [0.05, 0.1) is 0 Å². The maximum Gasteiger partial charge on any atom is -0.0171 e. The fourth-order valence-corrected chi connectivity index (χ4v) is 3.50. The van der Waals surface area contributed by atoms with Crippen molar-refractivity contribution in [3.05, 3.63) is 12.2 Å². The van der Waals surface area contributed by atoms with Crippen molar-refractivity contribution in [2.45, 2.75) is 25.7 Å². The molecule has 0 aromatic heterocycles. The van der Waals surface area contributed by atoms with E-state index in [1.165, 1.54) is 12.8 Å². The van der Waals surface area contributed by atoms with Crippen molar-refractivity contribution in [3.8, 4) is 0 Å². The highest BCUT2D eigenvalue weighted by Crippen LogP contribution is 2.56. The number of allylic oxidation sites excluding steroid dienone is 2. The van der Waals surface area contributed by atoms with Crippen molar-refractivity contribution in [1.29, 1.82) is 0 Å². The lowest BCUT2D eigenvalue weighted by molar-refractivity contribution is 0.285. The minimum Gasteiger partial charge on any atom is -0.0879 e. The van der Waals surface area contributed by atoms with Gasteiger partial charge in [0.2, 0.25) is 0 Å². The number of hydrogen-bond acceptors (Lipinski definition) is 0. The van der Waals surface area contributed by atoms with Crippen LogP contribution in [0.1, 0.15) is 25.7 Å². The molecular formula is C10H14. The van der Waals surface area contributed by atoms with Crippen molar-refractivity contribution in [3.63, 3.8) is 0 Å². The lowest BCUT2D eigenvalue weighted by Gasteiger charge is -2.23. The zero-order chi connectivity index (χ0) is 6.55. The second-order valence-corrected chi connectivity index (χ2v) is 4.24. The van der Waals surface area contributed by atoms with Gasteiger partial charge in [-0.1, -0.05) is 12.2 Å². The zero-order valence-corrected chi connectivity index (χ0v) is 6.29. The van der Waals surface area contributed by atoms with E-state index < -0.39 is 0 Å². The minimum absolute atomic E-state index is 1.03. The van der Waals surface area contributed by atoms with Crippen molar-refractivity contribution in [2.24, 2.45) is 23.7 Å². The quantitative estimate of drug-likeness (QED) is 0.447. The van der Waals surface area contributed by atoms with E-state index in [9.17, 15) is 0 Å². The molecule has 10 heavy (non-hydrogen) atoms. The smallest absolute Gasteiger partial charge is 0.0171 e. The van der Waals surface area contributed by atoms with Crippen LogP contribution in [0.2, 0.25) is 0 Å². The van der Waals surface area contributed by atoms with E-state index in [2.05, 4.69) is 12.2 Å². The Labute approximate surface area is 62.3 Å².